The van der Waals surface area contributed by atoms with Gasteiger partial charge >= 0.3 is 0 Å². The van der Waals surface area contributed by atoms with Crippen molar-refractivity contribution in [2.75, 3.05) is 20.8 Å². The van der Waals surface area contributed by atoms with E-state index in [-0.39, 0.29) is 5.84 Å². The largest absolute Gasteiger partial charge is 0.494 e. The quantitative estimate of drug-likeness (QED) is 0.518. The van der Waals surface area contributed by atoms with Crippen molar-refractivity contribution < 1.29 is 14.2 Å². The lowest BCUT2D eigenvalue weighted by Gasteiger charge is -2.29. The Hall–Kier alpha value is -2.61. The first-order valence-corrected chi connectivity index (χ1v) is 9.55. The zero-order valence-corrected chi connectivity index (χ0v) is 16.6. The van der Waals surface area contributed by atoms with Gasteiger partial charge in [-0.2, -0.15) is 10.5 Å². The van der Waals surface area contributed by atoms with E-state index in [1.54, 1.807) is 0 Å². The molecule has 2 N–H and O–H groups in total. The summed E-state index contributed by atoms with van der Waals surface area (Å²) in [6.45, 7) is 2.84. The van der Waals surface area contributed by atoms with Gasteiger partial charge in [0.2, 0.25) is 0 Å². The van der Waals surface area contributed by atoms with Crippen molar-refractivity contribution in [3.8, 4) is 17.9 Å². The van der Waals surface area contributed by atoms with Crippen LogP contribution in [0.2, 0.25) is 0 Å². The van der Waals surface area contributed by atoms with Gasteiger partial charge in [-0.05, 0) is 24.1 Å². The SMILES string of the molecule is CCCCCCOc1ccc(C2C3(C#N)C(N)=NC(OC)(OC)C23C#N)cc1. The van der Waals surface area contributed by atoms with Crippen molar-refractivity contribution in [3.63, 3.8) is 0 Å². The standard InChI is InChI=1S/C21H26N4O3/c1-4-5-6-7-12-28-16-10-8-15(9-11-16)17-19(13-22)18(24)25-21(26-2,27-3)20(17,19)14-23/h8-11,17H,4-7,12H2,1-3H3,(H2,24,25). The predicted molar refractivity (Wildman–Crippen MR) is 103 cm³/mol. The Labute approximate surface area is 165 Å². The minimum absolute atomic E-state index is 0.0708. The second-order valence-corrected chi connectivity index (χ2v) is 7.24. The lowest BCUT2D eigenvalue weighted by atomic mass is 9.93. The molecule has 1 heterocycles. The number of fused-ring (bicyclic) bond motifs is 1. The van der Waals surface area contributed by atoms with E-state index < -0.39 is 22.7 Å². The summed E-state index contributed by atoms with van der Waals surface area (Å²) >= 11 is 0. The van der Waals surface area contributed by atoms with E-state index in [4.69, 9.17) is 19.9 Å². The predicted octanol–water partition coefficient (Wildman–Crippen LogP) is 3.08. The van der Waals surface area contributed by atoms with Gasteiger partial charge in [0.25, 0.3) is 5.91 Å². The maximum atomic E-state index is 10.0. The molecule has 0 spiro atoms. The van der Waals surface area contributed by atoms with Crippen LogP contribution in [0.1, 0.15) is 44.1 Å². The molecule has 1 aliphatic heterocycles. The monoisotopic (exact) mass is 382 g/mol. The van der Waals surface area contributed by atoms with Crippen LogP contribution in [0, 0.1) is 33.5 Å². The van der Waals surface area contributed by atoms with Crippen molar-refractivity contribution in [3.05, 3.63) is 29.8 Å². The fourth-order valence-corrected chi connectivity index (χ4v) is 4.50. The van der Waals surface area contributed by atoms with Crippen molar-refractivity contribution >= 4 is 5.84 Å². The van der Waals surface area contributed by atoms with Gasteiger partial charge in [-0.25, -0.2) is 4.99 Å². The van der Waals surface area contributed by atoms with Crippen molar-refractivity contribution in [2.24, 2.45) is 21.6 Å². The maximum absolute atomic E-state index is 10.0. The van der Waals surface area contributed by atoms with Crippen molar-refractivity contribution in [1.82, 2.24) is 0 Å². The minimum Gasteiger partial charge on any atom is -0.494 e. The van der Waals surface area contributed by atoms with Crippen LogP contribution in [0.4, 0.5) is 0 Å². The van der Waals surface area contributed by atoms with Gasteiger partial charge in [0.05, 0.1) is 18.7 Å². The van der Waals surface area contributed by atoms with Crippen molar-refractivity contribution in [2.45, 2.75) is 44.4 Å². The van der Waals surface area contributed by atoms with E-state index in [1.165, 1.54) is 27.1 Å². The number of aliphatic imine (C=N–C) groups is 1. The Morgan fingerprint density at radius 2 is 1.75 bits per heavy atom. The summed E-state index contributed by atoms with van der Waals surface area (Å²) in [5.74, 6) is -1.26. The van der Waals surface area contributed by atoms with Gasteiger partial charge < -0.3 is 19.9 Å². The first-order valence-electron chi connectivity index (χ1n) is 9.55. The number of benzene rings is 1. The van der Waals surface area contributed by atoms with Gasteiger partial charge in [-0.3, -0.25) is 0 Å². The second kappa shape index (κ2) is 7.43. The maximum Gasteiger partial charge on any atom is 0.292 e. The molecule has 3 unspecified atom stereocenters. The zero-order chi connectivity index (χ0) is 20.4. The van der Waals surface area contributed by atoms with Crippen LogP contribution in [-0.2, 0) is 9.47 Å². The summed E-state index contributed by atoms with van der Waals surface area (Å²) in [6, 6.07) is 11.9. The van der Waals surface area contributed by atoms with Gasteiger partial charge in [-0.15, -0.1) is 0 Å². The van der Waals surface area contributed by atoms with Crippen LogP contribution < -0.4 is 10.5 Å². The normalized spacial score (nSPS) is 29.3. The number of methoxy groups -OCH3 is 2. The summed E-state index contributed by atoms with van der Waals surface area (Å²) < 4.78 is 16.7. The molecule has 28 heavy (non-hydrogen) atoms. The highest BCUT2D eigenvalue weighted by Gasteiger charge is 2.93. The van der Waals surface area contributed by atoms with E-state index >= 15 is 0 Å². The number of nitriles is 2. The third-order valence-electron chi connectivity index (χ3n) is 5.96. The van der Waals surface area contributed by atoms with Gasteiger partial charge in [0.15, 0.2) is 5.41 Å². The highest BCUT2D eigenvalue weighted by Crippen LogP contribution is 2.81. The number of ether oxygens (including phenoxy) is 3. The first-order chi connectivity index (χ1) is 13.5. The van der Waals surface area contributed by atoms with E-state index in [1.807, 2.05) is 24.3 Å². The van der Waals surface area contributed by atoms with E-state index in [0.717, 1.165) is 24.2 Å². The smallest absolute Gasteiger partial charge is 0.292 e. The van der Waals surface area contributed by atoms with Crippen LogP contribution in [0.15, 0.2) is 29.3 Å². The minimum atomic E-state index is -1.60. The molecular formula is C21H26N4O3. The van der Waals surface area contributed by atoms with E-state index in [0.29, 0.717) is 6.61 Å². The molecule has 0 bridgehead atoms. The first kappa shape index (κ1) is 20.1. The van der Waals surface area contributed by atoms with Crippen LogP contribution in [0.3, 0.4) is 0 Å². The topological polar surface area (TPSA) is 114 Å². The van der Waals surface area contributed by atoms with Gasteiger partial charge in [-0.1, -0.05) is 38.3 Å². The number of hydrogen-bond acceptors (Lipinski definition) is 7. The molecule has 1 aromatic carbocycles. The molecule has 0 saturated heterocycles. The lowest BCUT2D eigenvalue weighted by molar-refractivity contribution is -0.230. The number of amidine groups is 1. The molecule has 148 valence electrons. The van der Waals surface area contributed by atoms with Crippen LogP contribution in [-0.4, -0.2) is 32.6 Å². The number of hydrogen-bond donors (Lipinski definition) is 1. The molecule has 0 amide bonds. The average molecular weight is 382 g/mol. The Morgan fingerprint density at radius 3 is 2.29 bits per heavy atom. The Balaban J connectivity index is 1.84. The molecular weight excluding hydrogens is 356 g/mol. The zero-order valence-electron chi connectivity index (χ0n) is 16.6. The molecule has 2 aliphatic rings. The summed E-state index contributed by atoms with van der Waals surface area (Å²) in [5.41, 5.74) is 4.32. The molecule has 1 aromatic rings. The van der Waals surface area contributed by atoms with Crippen LogP contribution in [0.25, 0.3) is 0 Å². The lowest BCUT2D eigenvalue weighted by Crippen LogP contribution is -2.41. The Kier molecular flexibility index (Phi) is 5.34. The van der Waals surface area contributed by atoms with E-state index in [9.17, 15) is 10.5 Å². The van der Waals surface area contributed by atoms with Crippen molar-refractivity contribution in [1.29, 1.82) is 10.5 Å². The summed E-state index contributed by atoms with van der Waals surface area (Å²) in [7, 11) is 2.80. The highest BCUT2D eigenvalue weighted by atomic mass is 16.7. The molecule has 1 fully saturated rings. The molecule has 0 radical (unpaired) electrons. The summed E-state index contributed by atoms with van der Waals surface area (Å²) in [6.07, 6.45) is 4.57. The summed E-state index contributed by atoms with van der Waals surface area (Å²) in [5, 5.41) is 20.0. The molecule has 0 aromatic heterocycles. The molecule has 3 rings (SSSR count). The highest BCUT2D eigenvalue weighted by molar-refractivity contribution is 6.00. The Morgan fingerprint density at radius 1 is 1.07 bits per heavy atom. The Bertz CT molecular complexity index is 835. The number of nitrogens with two attached hydrogens (primary N) is 1. The average Bonchev–Trinajstić information content (AvgIpc) is 3.30. The van der Waals surface area contributed by atoms with Crippen LogP contribution in [0.5, 0.6) is 5.75 Å². The molecule has 7 heteroatoms. The van der Waals surface area contributed by atoms with Crippen LogP contribution >= 0.6 is 0 Å². The number of nitrogens with zero attached hydrogens (tertiary/aromatic N) is 3. The second-order valence-electron chi connectivity index (χ2n) is 7.24. The fourth-order valence-electron chi connectivity index (χ4n) is 4.50. The molecule has 1 aliphatic carbocycles. The fraction of sp³-hybridized carbons (Fsp3) is 0.571. The van der Waals surface area contributed by atoms with Gasteiger partial charge in [0, 0.05) is 20.1 Å². The number of unbranched alkanes of at least 4 members (excludes halogenated alkanes) is 3. The van der Waals surface area contributed by atoms with Gasteiger partial charge in [0.1, 0.15) is 17.0 Å². The third-order valence-corrected chi connectivity index (χ3v) is 5.96. The number of rotatable bonds is 9. The third kappa shape index (κ3) is 2.44. The molecule has 1 saturated carbocycles. The molecule has 3 atom stereocenters. The summed E-state index contributed by atoms with van der Waals surface area (Å²) in [4.78, 5) is 4.21. The molecule has 7 nitrogen and oxygen atoms in total. The van der Waals surface area contributed by atoms with E-state index in [2.05, 4.69) is 24.1 Å².